The maximum absolute atomic E-state index is 11.0. The molecule has 0 saturated carbocycles. The quantitative estimate of drug-likeness (QED) is 0.540. The number of H-pyrrole nitrogens is 1. The fraction of sp³-hybridized carbons (Fsp3) is 0.250. The summed E-state index contributed by atoms with van der Waals surface area (Å²) in [5.74, 6) is 2.90. The molecular formula is C8H8N2O. The lowest BCUT2D eigenvalue weighted by Crippen LogP contribution is -2.14. The van der Waals surface area contributed by atoms with Crippen LogP contribution >= 0.6 is 0 Å². The Morgan fingerprint density at radius 3 is 2.73 bits per heavy atom. The van der Waals surface area contributed by atoms with Gasteiger partial charge in [-0.1, -0.05) is 0 Å². The highest BCUT2D eigenvalue weighted by Gasteiger charge is 2.00. The zero-order valence-corrected chi connectivity index (χ0v) is 6.43. The molecule has 1 heterocycles. The first-order valence-electron chi connectivity index (χ1n) is 3.19. The van der Waals surface area contributed by atoms with E-state index in [9.17, 15) is 4.79 Å². The van der Waals surface area contributed by atoms with Crippen molar-refractivity contribution in [1.82, 2.24) is 9.97 Å². The van der Waals surface area contributed by atoms with E-state index in [1.807, 2.05) is 0 Å². The summed E-state index contributed by atoms with van der Waals surface area (Å²) in [6, 6.07) is 0. The second-order valence-electron chi connectivity index (χ2n) is 2.27. The van der Waals surface area contributed by atoms with Crippen molar-refractivity contribution >= 4 is 0 Å². The van der Waals surface area contributed by atoms with Crippen LogP contribution in [-0.2, 0) is 0 Å². The van der Waals surface area contributed by atoms with Gasteiger partial charge in [0.05, 0.1) is 0 Å². The minimum atomic E-state index is -0.162. The lowest BCUT2D eigenvalue weighted by Gasteiger charge is -1.96. The Hall–Kier alpha value is -1.56. The SMILES string of the molecule is C#Cc1nc(C)[nH]c(=O)c1C. The van der Waals surface area contributed by atoms with Crippen LogP contribution < -0.4 is 5.56 Å². The highest BCUT2D eigenvalue weighted by molar-refractivity contribution is 5.30. The molecule has 0 bridgehead atoms. The number of nitrogens with one attached hydrogen (secondary N) is 1. The van der Waals surface area contributed by atoms with Crippen molar-refractivity contribution in [3.8, 4) is 12.3 Å². The van der Waals surface area contributed by atoms with Gasteiger partial charge in [0.1, 0.15) is 11.5 Å². The van der Waals surface area contributed by atoms with Crippen LogP contribution in [-0.4, -0.2) is 9.97 Å². The summed E-state index contributed by atoms with van der Waals surface area (Å²) in [5.41, 5.74) is 0.759. The lowest BCUT2D eigenvalue weighted by molar-refractivity contribution is 0.980. The standard InChI is InChI=1S/C8H8N2O/c1-4-7-5(2)8(11)10-6(3)9-7/h1H,2-3H3,(H,9,10,11). The highest BCUT2D eigenvalue weighted by Crippen LogP contribution is 1.94. The topological polar surface area (TPSA) is 45.8 Å². The van der Waals surface area contributed by atoms with Crippen LogP contribution in [0.3, 0.4) is 0 Å². The van der Waals surface area contributed by atoms with Gasteiger partial charge < -0.3 is 4.98 Å². The second-order valence-corrected chi connectivity index (χ2v) is 2.27. The first-order chi connectivity index (χ1) is 5.15. The van der Waals surface area contributed by atoms with E-state index in [-0.39, 0.29) is 5.56 Å². The van der Waals surface area contributed by atoms with Crippen molar-refractivity contribution < 1.29 is 0 Å². The number of hydrogen-bond donors (Lipinski definition) is 1. The van der Waals surface area contributed by atoms with Crippen molar-refractivity contribution in [1.29, 1.82) is 0 Å². The van der Waals surface area contributed by atoms with Crippen molar-refractivity contribution in [2.45, 2.75) is 13.8 Å². The summed E-state index contributed by atoms with van der Waals surface area (Å²) in [6.45, 7) is 3.35. The minimum absolute atomic E-state index is 0.162. The molecule has 0 spiro atoms. The Morgan fingerprint density at radius 2 is 2.18 bits per heavy atom. The largest absolute Gasteiger partial charge is 0.310 e. The molecular weight excluding hydrogens is 140 g/mol. The van der Waals surface area contributed by atoms with Crippen LogP contribution in [0, 0.1) is 26.2 Å². The van der Waals surface area contributed by atoms with E-state index in [1.165, 1.54) is 0 Å². The first kappa shape index (κ1) is 7.55. The predicted molar refractivity (Wildman–Crippen MR) is 42.3 cm³/mol. The van der Waals surface area contributed by atoms with E-state index in [1.54, 1.807) is 13.8 Å². The third-order valence-electron chi connectivity index (χ3n) is 1.41. The molecule has 0 radical (unpaired) electrons. The number of aromatic amines is 1. The molecule has 0 aromatic carbocycles. The average Bonchev–Trinajstić information content (AvgIpc) is 1.96. The van der Waals surface area contributed by atoms with Crippen LogP contribution in [0.1, 0.15) is 17.1 Å². The maximum Gasteiger partial charge on any atom is 0.255 e. The van der Waals surface area contributed by atoms with Crippen LogP contribution in [0.15, 0.2) is 4.79 Å². The Balaban J connectivity index is 3.52. The summed E-state index contributed by atoms with van der Waals surface area (Å²) in [6.07, 6.45) is 5.12. The van der Waals surface area contributed by atoms with Crippen LogP contribution in [0.5, 0.6) is 0 Å². The van der Waals surface area contributed by atoms with Crippen LogP contribution in [0.4, 0.5) is 0 Å². The summed E-state index contributed by atoms with van der Waals surface area (Å²) in [4.78, 5) is 17.5. The molecule has 1 N–H and O–H groups in total. The third-order valence-corrected chi connectivity index (χ3v) is 1.41. The predicted octanol–water partition coefficient (Wildman–Crippen LogP) is 0.368. The maximum atomic E-state index is 11.0. The zero-order valence-electron chi connectivity index (χ0n) is 6.43. The normalized spacial score (nSPS) is 9.18. The summed E-state index contributed by atoms with van der Waals surface area (Å²) in [5, 5.41) is 0. The fourth-order valence-corrected chi connectivity index (χ4v) is 0.786. The van der Waals surface area contributed by atoms with Crippen molar-refractivity contribution in [3.63, 3.8) is 0 Å². The van der Waals surface area contributed by atoms with E-state index in [0.717, 1.165) is 0 Å². The van der Waals surface area contributed by atoms with Crippen LogP contribution in [0.2, 0.25) is 0 Å². The van der Waals surface area contributed by atoms with Gasteiger partial charge in [0, 0.05) is 5.56 Å². The third kappa shape index (κ3) is 1.30. The number of nitrogens with zero attached hydrogens (tertiary/aromatic N) is 1. The number of terminal acetylenes is 1. The molecule has 0 amide bonds. The molecule has 3 heteroatoms. The van der Waals surface area contributed by atoms with E-state index in [4.69, 9.17) is 6.42 Å². The smallest absolute Gasteiger partial charge is 0.255 e. The number of aryl methyl sites for hydroxylation is 1. The Morgan fingerprint density at radius 1 is 1.55 bits per heavy atom. The number of rotatable bonds is 0. The van der Waals surface area contributed by atoms with Gasteiger partial charge in [-0.15, -0.1) is 6.42 Å². The molecule has 3 nitrogen and oxygen atoms in total. The summed E-state index contributed by atoms with van der Waals surface area (Å²) in [7, 11) is 0. The van der Waals surface area contributed by atoms with Crippen molar-refractivity contribution in [2.24, 2.45) is 0 Å². The molecule has 1 aromatic rings. The summed E-state index contributed by atoms with van der Waals surface area (Å²) >= 11 is 0. The lowest BCUT2D eigenvalue weighted by atomic mass is 10.2. The van der Waals surface area contributed by atoms with E-state index < -0.39 is 0 Å². The summed E-state index contributed by atoms with van der Waals surface area (Å²) < 4.78 is 0. The van der Waals surface area contributed by atoms with Gasteiger partial charge in [-0.2, -0.15) is 0 Å². The van der Waals surface area contributed by atoms with Gasteiger partial charge >= 0.3 is 0 Å². The molecule has 0 unspecified atom stereocenters. The van der Waals surface area contributed by atoms with Gasteiger partial charge in [-0.05, 0) is 19.8 Å². The van der Waals surface area contributed by atoms with E-state index in [2.05, 4.69) is 15.9 Å². The molecule has 0 atom stereocenters. The first-order valence-corrected chi connectivity index (χ1v) is 3.19. The van der Waals surface area contributed by atoms with E-state index in [0.29, 0.717) is 17.1 Å². The molecule has 0 aliphatic carbocycles. The molecule has 0 fully saturated rings. The average molecular weight is 148 g/mol. The molecule has 56 valence electrons. The Bertz CT molecular complexity index is 371. The zero-order chi connectivity index (χ0) is 8.43. The Kier molecular flexibility index (Phi) is 1.77. The highest BCUT2D eigenvalue weighted by atomic mass is 16.1. The molecule has 0 saturated heterocycles. The van der Waals surface area contributed by atoms with Crippen LogP contribution in [0.25, 0.3) is 0 Å². The second kappa shape index (κ2) is 2.59. The van der Waals surface area contributed by atoms with E-state index >= 15 is 0 Å². The van der Waals surface area contributed by atoms with Gasteiger partial charge in [0.25, 0.3) is 5.56 Å². The molecule has 1 rings (SSSR count). The molecule has 0 aliphatic heterocycles. The molecule has 11 heavy (non-hydrogen) atoms. The van der Waals surface area contributed by atoms with Crippen molar-refractivity contribution in [2.75, 3.05) is 0 Å². The van der Waals surface area contributed by atoms with Gasteiger partial charge in [-0.25, -0.2) is 4.98 Å². The van der Waals surface area contributed by atoms with Crippen molar-refractivity contribution in [3.05, 3.63) is 27.4 Å². The number of hydrogen-bond acceptors (Lipinski definition) is 2. The molecule has 0 aliphatic rings. The fourth-order valence-electron chi connectivity index (χ4n) is 0.786. The van der Waals surface area contributed by atoms with Gasteiger partial charge in [0.2, 0.25) is 0 Å². The minimum Gasteiger partial charge on any atom is -0.310 e. The van der Waals surface area contributed by atoms with Gasteiger partial charge in [0.15, 0.2) is 0 Å². The van der Waals surface area contributed by atoms with Gasteiger partial charge in [-0.3, -0.25) is 4.79 Å². The Labute approximate surface area is 64.5 Å². The monoisotopic (exact) mass is 148 g/mol. The number of aromatic nitrogens is 2. The molecule has 1 aromatic heterocycles.